The molecule has 2 saturated heterocycles. The SMILES string of the molecule is CCn1c(CN2C(=O)c3ccccc3C2=O)[n+](CC)c2cc(O[C@H]3CO[C@H]4[C@@H]3OC[C@@H]4O)c(Cl)cc21.O=C([O-])C(F)(F)F. The number of aryl methyl sites for hydroxylation is 2. The minimum Gasteiger partial charge on any atom is -0.542 e. The van der Waals surface area contributed by atoms with E-state index in [9.17, 15) is 27.9 Å². The maximum absolute atomic E-state index is 13.0. The Balaban J connectivity index is 0.000000472. The quantitative estimate of drug-likeness (QED) is 0.323. The number of aliphatic hydroxyl groups is 1. The molecule has 4 atom stereocenters. The maximum Gasteiger partial charge on any atom is 0.430 e. The molecule has 3 aromatic rings. The van der Waals surface area contributed by atoms with Crippen LogP contribution in [0, 0.1) is 0 Å². The minimum absolute atomic E-state index is 0.141. The molecule has 3 aliphatic rings. The zero-order valence-electron chi connectivity index (χ0n) is 23.0. The molecule has 0 aliphatic carbocycles. The number of carbonyl (C=O) groups is 3. The third-order valence-electron chi connectivity index (χ3n) is 7.54. The highest BCUT2D eigenvalue weighted by molar-refractivity contribution is 6.32. The Bertz CT molecular complexity index is 1560. The molecule has 4 heterocycles. The summed E-state index contributed by atoms with van der Waals surface area (Å²) >= 11 is 6.67. The van der Waals surface area contributed by atoms with Crippen molar-refractivity contribution in [2.24, 2.45) is 0 Å². The topological polar surface area (TPSA) is 134 Å². The molecule has 0 bridgehead atoms. The number of halogens is 4. The number of carboxylic acids is 1. The zero-order valence-corrected chi connectivity index (χ0v) is 23.7. The lowest BCUT2D eigenvalue weighted by atomic mass is 10.1. The third-order valence-corrected chi connectivity index (χ3v) is 7.83. The van der Waals surface area contributed by atoms with Crippen LogP contribution in [-0.4, -0.2) is 76.2 Å². The monoisotopic (exact) mass is 625 g/mol. The zero-order chi connectivity index (χ0) is 31.2. The van der Waals surface area contributed by atoms with Crippen LogP contribution in [0.1, 0.15) is 40.4 Å². The molecular formula is C28H27ClF3N3O8. The highest BCUT2D eigenvalue weighted by atomic mass is 35.5. The van der Waals surface area contributed by atoms with E-state index in [0.717, 1.165) is 16.9 Å². The number of rotatable bonds is 6. The molecule has 1 aromatic heterocycles. The lowest BCUT2D eigenvalue weighted by Gasteiger charge is -2.18. The first-order chi connectivity index (χ1) is 20.4. The van der Waals surface area contributed by atoms with Crippen LogP contribution >= 0.6 is 11.6 Å². The molecule has 3 aliphatic heterocycles. The van der Waals surface area contributed by atoms with Crippen LogP contribution in [0.2, 0.25) is 5.02 Å². The fourth-order valence-electron chi connectivity index (χ4n) is 5.59. The second-order valence-electron chi connectivity index (χ2n) is 10.0. The van der Waals surface area contributed by atoms with Crippen LogP contribution in [0.15, 0.2) is 36.4 Å². The molecule has 0 spiro atoms. The van der Waals surface area contributed by atoms with Gasteiger partial charge in [-0.1, -0.05) is 23.7 Å². The van der Waals surface area contributed by atoms with Crippen molar-refractivity contribution in [3.8, 4) is 5.75 Å². The van der Waals surface area contributed by atoms with Crippen LogP contribution in [0.5, 0.6) is 5.75 Å². The first-order valence-electron chi connectivity index (χ1n) is 13.4. The number of aromatic nitrogens is 2. The number of imide groups is 1. The number of carboxylic acid groups (broad SMARTS) is 1. The van der Waals surface area contributed by atoms with E-state index in [-0.39, 0.29) is 37.2 Å². The number of aliphatic carboxylic acids is 1. The predicted octanol–water partition coefficient (Wildman–Crippen LogP) is 1.62. The van der Waals surface area contributed by atoms with Crippen LogP contribution in [0.25, 0.3) is 11.0 Å². The summed E-state index contributed by atoms with van der Waals surface area (Å²) < 4.78 is 53.3. The van der Waals surface area contributed by atoms with Crippen molar-refractivity contribution in [3.63, 3.8) is 0 Å². The maximum atomic E-state index is 13.0. The number of hydrogen-bond donors (Lipinski definition) is 1. The highest BCUT2D eigenvalue weighted by Gasteiger charge is 2.48. The number of ether oxygens (including phenoxy) is 3. The highest BCUT2D eigenvalue weighted by Crippen LogP contribution is 2.35. The van der Waals surface area contributed by atoms with E-state index in [1.165, 1.54) is 4.90 Å². The summed E-state index contributed by atoms with van der Waals surface area (Å²) in [5, 5.41) is 19.3. The Hall–Kier alpha value is -3.72. The fourth-order valence-corrected chi connectivity index (χ4v) is 5.79. The van der Waals surface area contributed by atoms with Gasteiger partial charge in [0.2, 0.25) is 0 Å². The van der Waals surface area contributed by atoms with Gasteiger partial charge in [-0.05, 0) is 26.0 Å². The van der Waals surface area contributed by atoms with Crippen molar-refractivity contribution in [3.05, 3.63) is 58.4 Å². The van der Waals surface area contributed by atoms with Gasteiger partial charge in [0.05, 0.1) is 42.5 Å². The number of carbonyl (C=O) groups excluding carboxylic acids is 3. The van der Waals surface area contributed by atoms with Gasteiger partial charge >= 0.3 is 6.18 Å². The smallest absolute Gasteiger partial charge is 0.430 e. The fraction of sp³-hybridized carbons (Fsp3) is 0.429. The van der Waals surface area contributed by atoms with Crippen molar-refractivity contribution in [1.82, 2.24) is 9.47 Å². The molecule has 230 valence electrons. The van der Waals surface area contributed by atoms with Gasteiger partial charge < -0.3 is 29.2 Å². The number of benzene rings is 2. The lowest BCUT2D eigenvalue weighted by molar-refractivity contribution is -0.677. The Morgan fingerprint density at radius 2 is 1.72 bits per heavy atom. The summed E-state index contributed by atoms with van der Waals surface area (Å²) in [6.07, 6.45) is -6.99. The van der Waals surface area contributed by atoms with Crippen LogP contribution in [0.3, 0.4) is 0 Å². The molecular weight excluding hydrogens is 599 g/mol. The number of alkyl halides is 3. The summed E-state index contributed by atoms with van der Waals surface area (Å²) in [7, 11) is 0. The van der Waals surface area contributed by atoms with E-state index in [1.54, 1.807) is 24.3 Å². The van der Waals surface area contributed by atoms with Gasteiger partial charge in [0.25, 0.3) is 17.6 Å². The Labute approximate surface area is 247 Å². The molecule has 2 amide bonds. The Morgan fingerprint density at radius 3 is 2.28 bits per heavy atom. The lowest BCUT2D eigenvalue weighted by Crippen LogP contribution is -2.42. The Kier molecular flexibility index (Phi) is 8.40. The van der Waals surface area contributed by atoms with Gasteiger partial charge in [-0.15, -0.1) is 0 Å². The molecule has 2 fully saturated rings. The van der Waals surface area contributed by atoms with E-state index in [0.29, 0.717) is 41.6 Å². The summed E-state index contributed by atoms with van der Waals surface area (Å²) in [6, 6.07) is 10.6. The van der Waals surface area contributed by atoms with Gasteiger partial charge in [-0.3, -0.25) is 14.5 Å². The summed E-state index contributed by atoms with van der Waals surface area (Å²) in [5.74, 6) is -2.27. The molecule has 11 nitrogen and oxygen atoms in total. The summed E-state index contributed by atoms with van der Waals surface area (Å²) in [6.45, 7) is 5.95. The molecule has 15 heteroatoms. The molecule has 43 heavy (non-hydrogen) atoms. The van der Waals surface area contributed by atoms with Crippen LogP contribution in [0.4, 0.5) is 13.2 Å². The predicted molar refractivity (Wildman–Crippen MR) is 140 cm³/mol. The van der Waals surface area contributed by atoms with E-state index in [2.05, 4.69) is 9.13 Å². The number of nitrogens with zero attached hydrogens (tertiary/aromatic N) is 3. The first kappa shape index (κ1) is 30.7. The molecule has 2 aromatic carbocycles. The molecule has 0 saturated carbocycles. The van der Waals surface area contributed by atoms with Crippen molar-refractivity contribution in [2.45, 2.75) is 64.1 Å². The van der Waals surface area contributed by atoms with E-state index >= 15 is 0 Å². The van der Waals surface area contributed by atoms with Crippen molar-refractivity contribution in [1.29, 1.82) is 0 Å². The van der Waals surface area contributed by atoms with Gasteiger partial charge in [0.15, 0.2) is 17.1 Å². The summed E-state index contributed by atoms with van der Waals surface area (Å²) in [4.78, 5) is 36.2. The van der Waals surface area contributed by atoms with E-state index < -0.39 is 24.4 Å². The number of hydrogen-bond acceptors (Lipinski definition) is 8. The average molecular weight is 626 g/mol. The second kappa shape index (κ2) is 11.8. The molecule has 6 rings (SSSR count). The largest absolute Gasteiger partial charge is 0.542 e. The van der Waals surface area contributed by atoms with Gasteiger partial charge in [-0.25, -0.2) is 9.13 Å². The van der Waals surface area contributed by atoms with Crippen molar-refractivity contribution >= 4 is 40.4 Å². The van der Waals surface area contributed by atoms with E-state index in [1.807, 2.05) is 26.0 Å². The molecule has 0 radical (unpaired) electrons. The second-order valence-corrected chi connectivity index (χ2v) is 10.4. The number of aliphatic hydroxyl groups excluding tert-OH is 1. The number of fused-ring (bicyclic) bond motifs is 3. The standard InChI is InChI=1S/C26H27ClN3O6.C2HF3O2/c1-3-28-17-9-16(27)20(36-21-13-35-23-19(31)12-34-24(21)23)10-18(17)29(4-2)22(28)11-30-25(32)14-7-5-6-8-15(14)26(30)33;3-2(4,5)1(6)7/h5-10,19,21,23-24,31H,3-4,11-13H2,1-2H3;(H,6,7)/q+1;/p-1/t19-,21-,23+,24+;/m0./s1. The molecule has 1 N–H and O–H groups in total. The number of imidazole rings is 1. The first-order valence-corrected chi connectivity index (χ1v) is 13.8. The Morgan fingerprint density at radius 1 is 1.12 bits per heavy atom. The summed E-state index contributed by atoms with van der Waals surface area (Å²) in [5.41, 5.74) is 2.63. The van der Waals surface area contributed by atoms with Gasteiger partial charge in [-0.2, -0.15) is 13.2 Å². The van der Waals surface area contributed by atoms with Gasteiger partial charge in [0.1, 0.15) is 36.6 Å². The average Bonchev–Trinajstić information content (AvgIpc) is 3.68. The normalized spacial score (nSPS) is 22.9. The van der Waals surface area contributed by atoms with Gasteiger partial charge in [0, 0.05) is 12.1 Å². The van der Waals surface area contributed by atoms with Crippen LogP contribution < -0.4 is 14.4 Å². The van der Waals surface area contributed by atoms with Crippen LogP contribution in [-0.2, 0) is 33.9 Å². The van der Waals surface area contributed by atoms with Crippen molar-refractivity contribution < 1.29 is 56.5 Å². The minimum atomic E-state index is -5.19. The number of amides is 2. The third kappa shape index (κ3) is 5.55. The van der Waals surface area contributed by atoms with Crippen molar-refractivity contribution in [2.75, 3.05) is 13.2 Å². The molecule has 0 unspecified atom stereocenters. The van der Waals surface area contributed by atoms with E-state index in [4.69, 9.17) is 35.7 Å².